The lowest BCUT2D eigenvalue weighted by atomic mass is 10.3. The van der Waals surface area contributed by atoms with Gasteiger partial charge in [0, 0.05) is 17.1 Å². The van der Waals surface area contributed by atoms with Gasteiger partial charge in [-0.15, -0.1) is 0 Å². The molecule has 0 saturated heterocycles. The summed E-state index contributed by atoms with van der Waals surface area (Å²) < 4.78 is 11.8. The predicted octanol–water partition coefficient (Wildman–Crippen LogP) is 2.97. The fourth-order valence-electron chi connectivity index (χ4n) is 1.50. The molecule has 0 spiro atoms. The van der Waals surface area contributed by atoms with E-state index in [1.54, 1.807) is 0 Å². The van der Waals surface area contributed by atoms with E-state index in [9.17, 15) is 0 Å². The van der Waals surface area contributed by atoms with Gasteiger partial charge in [-0.1, -0.05) is 36.4 Å². The normalized spacial score (nSPS) is 13.2. The van der Waals surface area contributed by atoms with Crippen LogP contribution in [0.25, 0.3) is 0 Å². The highest BCUT2D eigenvalue weighted by Gasteiger charge is 1.97. The quantitative estimate of drug-likeness (QED) is 0.305. The minimum Gasteiger partial charge on any atom is -0.379 e. The summed E-state index contributed by atoms with van der Waals surface area (Å²) >= 11 is 2.45. The Kier molecular flexibility index (Phi) is 13.5. The Morgan fingerprint density at radius 3 is 2.29 bits per heavy atom. The number of rotatable bonds is 12. The molecule has 4 heteroatoms. The average Bonchev–Trinajstić information content (AvgIpc) is 2.27. The van der Waals surface area contributed by atoms with Gasteiger partial charge in [0.1, 0.15) is 0 Å². The van der Waals surface area contributed by atoms with Gasteiger partial charge in [0.15, 0.2) is 0 Å². The number of halogens is 1. The van der Waals surface area contributed by atoms with Crippen molar-refractivity contribution in [2.24, 2.45) is 0 Å². The van der Waals surface area contributed by atoms with Crippen LogP contribution in [0.1, 0.15) is 33.1 Å². The molecular formula is C13H28INO2. The Labute approximate surface area is 120 Å². The van der Waals surface area contributed by atoms with Gasteiger partial charge in [0.25, 0.3) is 0 Å². The van der Waals surface area contributed by atoms with E-state index < -0.39 is 0 Å². The molecule has 0 aliphatic rings. The summed E-state index contributed by atoms with van der Waals surface area (Å²) in [6.45, 7) is 9.72. The Balaban J connectivity index is 3.03. The molecule has 0 radical (unpaired) electrons. The van der Waals surface area contributed by atoms with Crippen LogP contribution in [0, 0.1) is 0 Å². The summed E-state index contributed by atoms with van der Waals surface area (Å²) in [6.07, 6.45) is 3.60. The van der Waals surface area contributed by atoms with Gasteiger partial charge in [0.05, 0.1) is 19.8 Å². The van der Waals surface area contributed by atoms with E-state index in [-0.39, 0.29) is 0 Å². The minimum absolute atomic E-state index is 0.722. The molecule has 0 aliphatic heterocycles. The van der Waals surface area contributed by atoms with Gasteiger partial charge in [-0.25, -0.2) is 0 Å². The van der Waals surface area contributed by atoms with Crippen LogP contribution in [-0.4, -0.2) is 55.4 Å². The Morgan fingerprint density at radius 2 is 1.71 bits per heavy atom. The molecule has 3 nitrogen and oxygen atoms in total. The number of alkyl halides is 1. The van der Waals surface area contributed by atoms with Crippen LogP contribution in [0.15, 0.2) is 0 Å². The van der Waals surface area contributed by atoms with Crippen molar-refractivity contribution in [3.8, 4) is 0 Å². The number of hydrogen-bond acceptors (Lipinski definition) is 3. The molecule has 104 valence electrons. The van der Waals surface area contributed by atoms with Crippen molar-refractivity contribution >= 4 is 22.6 Å². The molecule has 0 rings (SSSR count). The standard InChI is InChI=1S/C13H28INO2/c1-4-7-15(3)8-10-17-12-11-16-9-5-6-13(2)14/h13H,4-12H2,1-3H3. The average molecular weight is 357 g/mol. The Hall–Kier alpha value is 0.610. The molecule has 17 heavy (non-hydrogen) atoms. The molecule has 0 aromatic rings. The fraction of sp³-hybridized carbons (Fsp3) is 1.00. The number of ether oxygens (including phenoxy) is 2. The summed E-state index contributed by atoms with van der Waals surface area (Å²) in [5, 5.41) is 0. The predicted molar refractivity (Wildman–Crippen MR) is 82.1 cm³/mol. The zero-order valence-corrected chi connectivity index (χ0v) is 13.7. The van der Waals surface area contributed by atoms with E-state index in [0.717, 1.165) is 49.9 Å². The second-order valence-electron chi connectivity index (χ2n) is 4.45. The Morgan fingerprint density at radius 1 is 1.06 bits per heavy atom. The van der Waals surface area contributed by atoms with E-state index >= 15 is 0 Å². The van der Waals surface area contributed by atoms with Gasteiger partial charge in [-0.3, -0.25) is 0 Å². The lowest BCUT2D eigenvalue weighted by molar-refractivity contribution is 0.0399. The molecule has 0 saturated carbocycles. The number of hydrogen-bond donors (Lipinski definition) is 0. The molecular weight excluding hydrogens is 329 g/mol. The van der Waals surface area contributed by atoms with Gasteiger partial charge < -0.3 is 14.4 Å². The lowest BCUT2D eigenvalue weighted by Crippen LogP contribution is -2.24. The second kappa shape index (κ2) is 13.1. The monoisotopic (exact) mass is 357 g/mol. The highest BCUT2D eigenvalue weighted by Crippen LogP contribution is 2.06. The molecule has 0 bridgehead atoms. The summed E-state index contributed by atoms with van der Waals surface area (Å²) in [5.41, 5.74) is 0. The smallest absolute Gasteiger partial charge is 0.0701 e. The van der Waals surface area contributed by atoms with Crippen LogP contribution < -0.4 is 0 Å². The molecule has 0 aromatic heterocycles. The SMILES string of the molecule is CCCN(C)CCOCCOCCCC(C)I. The molecule has 0 fully saturated rings. The van der Waals surface area contributed by atoms with E-state index in [1.807, 2.05) is 0 Å². The van der Waals surface area contributed by atoms with Gasteiger partial charge in [0.2, 0.25) is 0 Å². The highest BCUT2D eigenvalue weighted by molar-refractivity contribution is 14.1. The van der Waals surface area contributed by atoms with Crippen LogP contribution >= 0.6 is 22.6 Å². The maximum Gasteiger partial charge on any atom is 0.0701 e. The molecule has 0 aromatic carbocycles. The number of nitrogens with zero attached hydrogens (tertiary/aromatic N) is 1. The molecule has 0 aliphatic carbocycles. The molecule has 0 heterocycles. The third kappa shape index (κ3) is 14.6. The van der Waals surface area contributed by atoms with Gasteiger partial charge in [-0.05, 0) is 32.9 Å². The van der Waals surface area contributed by atoms with Crippen molar-refractivity contribution in [2.75, 3.05) is 46.6 Å². The Bertz CT molecular complexity index is 156. The summed E-state index contributed by atoms with van der Waals surface area (Å²) in [5.74, 6) is 0. The maximum absolute atomic E-state index is 5.51. The van der Waals surface area contributed by atoms with Crippen LogP contribution in [0.2, 0.25) is 0 Å². The van der Waals surface area contributed by atoms with E-state index in [1.165, 1.54) is 12.8 Å². The first-order chi connectivity index (χ1) is 8.16. The molecule has 1 unspecified atom stereocenters. The number of likely N-dealkylation sites (N-methyl/N-ethyl adjacent to an activating group) is 1. The fourth-order valence-corrected chi connectivity index (χ4v) is 1.94. The summed E-state index contributed by atoms with van der Waals surface area (Å²) in [4.78, 5) is 2.29. The van der Waals surface area contributed by atoms with Crippen molar-refractivity contribution in [2.45, 2.75) is 37.0 Å². The van der Waals surface area contributed by atoms with Crippen molar-refractivity contribution in [3.05, 3.63) is 0 Å². The van der Waals surface area contributed by atoms with E-state index in [4.69, 9.17) is 9.47 Å². The van der Waals surface area contributed by atoms with E-state index in [2.05, 4.69) is 48.4 Å². The first-order valence-corrected chi connectivity index (χ1v) is 7.89. The van der Waals surface area contributed by atoms with Crippen molar-refractivity contribution in [1.82, 2.24) is 4.90 Å². The zero-order chi connectivity index (χ0) is 12.9. The van der Waals surface area contributed by atoms with Crippen LogP contribution in [0.5, 0.6) is 0 Å². The molecule has 0 amide bonds. The third-order valence-corrected chi connectivity index (χ3v) is 3.11. The zero-order valence-electron chi connectivity index (χ0n) is 11.6. The van der Waals surface area contributed by atoms with Gasteiger partial charge in [-0.2, -0.15) is 0 Å². The maximum atomic E-state index is 5.51. The van der Waals surface area contributed by atoms with Crippen LogP contribution in [-0.2, 0) is 9.47 Å². The minimum atomic E-state index is 0.722. The van der Waals surface area contributed by atoms with Crippen LogP contribution in [0.4, 0.5) is 0 Å². The van der Waals surface area contributed by atoms with Crippen LogP contribution in [0.3, 0.4) is 0 Å². The molecule has 1 atom stereocenters. The van der Waals surface area contributed by atoms with Gasteiger partial charge >= 0.3 is 0 Å². The summed E-state index contributed by atoms with van der Waals surface area (Å²) in [7, 11) is 2.13. The highest BCUT2D eigenvalue weighted by atomic mass is 127. The largest absolute Gasteiger partial charge is 0.379 e. The van der Waals surface area contributed by atoms with Crippen molar-refractivity contribution in [1.29, 1.82) is 0 Å². The molecule has 0 N–H and O–H groups in total. The second-order valence-corrected chi connectivity index (χ2v) is 6.58. The third-order valence-electron chi connectivity index (χ3n) is 2.49. The van der Waals surface area contributed by atoms with E-state index in [0.29, 0.717) is 0 Å². The van der Waals surface area contributed by atoms with Crippen molar-refractivity contribution in [3.63, 3.8) is 0 Å². The summed E-state index contributed by atoms with van der Waals surface area (Å²) in [6, 6.07) is 0. The lowest BCUT2D eigenvalue weighted by Gasteiger charge is -2.15. The van der Waals surface area contributed by atoms with Crippen molar-refractivity contribution < 1.29 is 9.47 Å². The first kappa shape index (κ1) is 17.6. The first-order valence-electron chi connectivity index (χ1n) is 6.65. The topological polar surface area (TPSA) is 21.7 Å².